The van der Waals surface area contributed by atoms with E-state index in [2.05, 4.69) is 15.2 Å². The van der Waals surface area contributed by atoms with E-state index in [9.17, 15) is 22.4 Å². The molecule has 2 aromatic rings. The van der Waals surface area contributed by atoms with Crippen LogP contribution < -0.4 is 4.74 Å². The average molecular weight is 441 g/mol. The summed E-state index contributed by atoms with van der Waals surface area (Å²) in [6.45, 7) is 2.53. The molecule has 0 radical (unpaired) electrons. The number of hydrogen-bond donors (Lipinski definition) is 1. The van der Waals surface area contributed by atoms with Crippen LogP contribution in [0.5, 0.6) is 5.75 Å². The van der Waals surface area contributed by atoms with Gasteiger partial charge in [-0.1, -0.05) is 0 Å². The molecule has 1 N–H and O–H groups in total. The Balaban J connectivity index is 1.25. The van der Waals surface area contributed by atoms with Gasteiger partial charge in [-0.05, 0) is 37.3 Å². The van der Waals surface area contributed by atoms with Gasteiger partial charge < -0.3 is 19.5 Å². The molecule has 2 saturated heterocycles. The van der Waals surface area contributed by atoms with Crippen LogP contribution in [0.25, 0.3) is 0 Å². The van der Waals surface area contributed by atoms with E-state index in [0.29, 0.717) is 45.1 Å². The third kappa shape index (κ3) is 5.08. The summed E-state index contributed by atoms with van der Waals surface area (Å²) in [7, 11) is 0. The van der Waals surface area contributed by atoms with Crippen molar-refractivity contribution < 1.29 is 27.1 Å². The number of halogens is 4. The van der Waals surface area contributed by atoms with Crippen LogP contribution in [0.3, 0.4) is 0 Å². The Morgan fingerprint density at radius 3 is 2.55 bits per heavy atom. The molecule has 2 aliphatic heterocycles. The van der Waals surface area contributed by atoms with Crippen molar-refractivity contribution in [1.29, 1.82) is 0 Å². The highest BCUT2D eigenvalue weighted by Crippen LogP contribution is 2.33. The number of amides is 2. The molecule has 3 heterocycles. The Morgan fingerprint density at radius 2 is 1.87 bits per heavy atom. The van der Waals surface area contributed by atoms with Gasteiger partial charge in [0.25, 0.3) is 0 Å². The van der Waals surface area contributed by atoms with E-state index in [4.69, 9.17) is 4.74 Å². The van der Waals surface area contributed by atoms with Crippen molar-refractivity contribution in [1.82, 2.24) is 25.0 Å². The summed E-state index contributed by atoms with van der Waals surface area (Å²) in [5.74, 6) is -0.0922. The van der Waals surface area contributed by atoms with Crippen molar-refractivity contribution in [3.8, 4) is 5.75 Å². The molecule has 1 aromatic heterocycles. The number of nitrogens with one attached hydrogen (secondary N) is 1. The number of ether oxygens (including phenoxy) is 1. The first-order valence-corrected chi connectivity index (χ1v) is 10.2. The summed E-state index contributed by atoms with van der Waals surface area (Å²) in [4.78, 5) is 19.4. The third-order valence-electron chi connectivity index (χ3n) is 5.85. The lowest BCUT2D eigenvalue weighted by Gasteiger charge is -2.34. The summed E-state index contributed by atoms with van der Waals surface area (Å²) in [5, 5.41) is 7.82. The van der Waals surface area contributed by atoms with Gasteiger partial charge in [-0.3, -0.25) is 0 Å². The highest BCUT2D eigenvalue weighted by Gasteiger charge is 2.34. The van der Waals surface area contributed by atoms with Crippen molar-refractivity contribution in [2.24, 2.45) is 5.92 Å². The molecule has 7 nitrogen and oxygen atoms in total. The number of H-pyrrole nitrogens is 1. The minimum atomic E-state index is -4.63. The van der Waals surface area contributed by atoms with Crippen LogP contribution >= 0.6 is 0 Å². The van der Waals surface area contributed by atoms with Crippen LogP contribution in [0.15, 0.2) is 24.5 Å². The number of piperidine rings is 1. The molecule has 2 fully saturated rings. The van der Waals surface area contributed by atoms with Crippen LogP contribution in [-0.4, -0.2) is 63.8 Å². The number of aromatic amines is 1. The normalized spacial score (nSPS) is 20.3. The van der Waals surface area contributed by atoms with Crippen LogP contribution in [0.1, 0.15) is 36.6 Å². The highest BCUT2D eigenvalue weighted by molar-refractivity contribution is 5.75. The number of alkyl halides is 3. The number of carbonyl (C=O) groups is 1. The largest absolute Gasteiger partial charge is 0.493 e. The predicted molar refractivity (Wildman–Crippen MR) is 102 cm³/mol. The Labute approximate surface area is 176 Å². The number of nitrogens with zero attached hydrogens (tertiary/aromatic N) is 4. The van der Waals surface area contributed by atoms with E-state index in [1.165, 1.54) is 6.33 Å². The van der Waals surface area contributed by atoms with E-state index in [0.717, 1.165) is 24.4 Å². The molecule has 11 heteroatoms. The monoisotopic (exact) mass is 441 g/mol. The third-order valence-corrected chi connectivity index (χ3v) is 5.85. The predicted octanol–water partition coefficient (Wildman–Crippen LogP) is 3.66. The maximum absolute atomic E-state index is 13.5. The summed E-state index contributed by atoms with van der Waals surface area (Å²) >= 11 is 0. The van der Waals surface area contributed by atoms with Crippen LogP contribution in [-0.2, 0) is 6.18 Å². The lowest BCUT2D eigenvalue weighted by Crippen LogP contribution is -2.46. The molecule has 2 aliphatic rings. The number of hydrogen-bond acceptors (Lipinski definition) is 4. The van der Waals surface area contributed by atoms with Gasteiger partial charge in [0.15, 0.2) is 0 Å². The van der Waals surface area contributed by atoms with Crippen LogP contribution in [0.4, 0.5) is 22.4 Å². The number of aromatic nitrogens is 3. The number of rotatable bonds is 4. The first-order valence-electron chi connectivity index (χ1n) is 10.2. The fourth-order valence-electron chi connectivity index (χ4n) is 4.09. The molecule has 4 rings (SSSR count). The lowest BCUT2D eigenvalue weighted by molar-refractivity contribution is -0.137. The van der Waals surface area contributed by atoms with Crippen LogP contribution in [0.2, 0.25) is 0 Å². The SMILES string of the molecule is O=C(N1CCC(COc2cc(F)cc(C(F)(F)F)c2)CC1)N1CC[C@H](c2nnc[nH]2)C1. The second kappa shape index (κ2) is 8.72. The van der Waals surface area contributed by atoms with Gasteiger partial charge in [-0.2, -0.15) is 13.2 Å². The Morgan fingerprint density at radius 1 is 1.13 bits per heavy atom. The van der Waals surface area contributed by atoms with E-state index >= 15 is 0 Å². The van der Waals surface area contributed by atoms with E-state index < -0.39 is 17.6 Å². The molecular weight excluding hydrogens is 418 g/mol. The molecule has 0 saturated carbocycles. The summed E-state index contributed by atoms with van der Waals surface area (Å²) in [5.41, 5.74) is -1.07. The first-order chi connectivity index (χ1) is 14.8. The zero-order chi connectivity index (χ0) is 22.0. The van der Waals surface area contributed by atoms with Crippen molar-refractivity contribution in [3.63, 3.8) is 0 Å². The standard InChI is InChI=1S/C20H23F4N5O2/c21-16-7-15(20(22,23)24)8-17(9-16)31-11-13-1-4-28(5-2-13)19(30)29-6-3-14(10-29)18-25-12-26-27-18/h7-9,12-14H,1-6,10-11H2,(H,25,26,27)/t14-/m0/s1. The fourth-order valence-corrected chi connectivity index (χ4v) is 4.09. The quantitative estimate of drug-likeness (QED) is 0.735. The molecule has 1 aromatic carbocycles. The molecule has 31 heavy (non-hydrogen) atoms. The molecular formula is C20H23F4N5O2. The molecule has 0 spiro atoms. The Kier molecular flexibility index (Phi) is 6.01. The average Bonchev–Trinajstić information content (AvgIpc) is 3.43. The minimum Gasteiger partial charge on any atom is -0.493 e. The van der Waals surface area contributed by atoms with Gasteiger partial charge in [0.2, 0.25) is 0 Å². The van der Waals surface area contributed by atoms with E-state index in [-0.39, 0.29) is 30.2 Å². The second-order valence-corrected chi connectivity index (χ2v) is 8.00. The number of carbonyl (C=O) groups excluding carboxylic acids is 1. The highest BCUT2D eigenvalue weighted by atomic mass is 19.4. The molecule has 2 amide bonds. The smallest absolute Gasteiger partial charge is 0.416 e. The zero-order valence-electron chi connectivity index (χ0n) is 16.7. The van der Waals surface area contributed by atoms with Crippen molar-refractivity contribution >= 4 is 6.03 Å². The van der Waals surface area contributed by atoms with E-state index in [1.807, 2.05) is 4.90 Å². The summed E-state index contributed by atoms with van der Waals surface area (Å²) < 4.78 is 57.4. The topological polar surface area (TPSA) is 74.3 Å². The Hall–Kier alpha value is -2.85. The maximum Gasteiger partial charge on any atom is 0.416 e. The van der Waals surface area contributed by atoms with Gasteiger partial charge in [-0.25, -0.2) is 9.18 Å². The molecule has 0 aliphatic carbocycles. The first kappa shape index (κ1) is 21.4. The molecule has 1 atom stereocenters. The second-order valence-electron chi connectivity index (χ2n) is 8.00. The summed E-state index contributed by atoms with van der Waals surface area (Å²) in [6.07, 6.45) is -0.924. The zero-order valence-corrected chi connectivity index (χ0v) is 16.7. The number of benzene rings is 1. The molecule has 0 bridgehead atoms. The van der Waals surface area contributed by atoms with Gasteiger partial charge in [-0.15, -0.1) is 10.2 Å². The van der Waals surface area contributed by atoms with Gasteiger partial charge in [0.1, 0.15) is 23.7 Å². The van der Waals surface area contributed by atoms with Crippen molar-refractivity contribution in [3.05, 3.63) is 41.7 Å². The molecule has 168 valence electrons. The van der Waals surface area contributed by atoms with Gasteiger partial charge in [0.05, 0.1) is 12.2 Å². The van der Waals surface area contributed by atoms with E-state index in [1.54, 1.807) is 4.90 Å². The molecule has 0 unspecified atom stereocenters. The van der Waals surface area contributed by atoms with Crippen LogP contribution in [0, 0.1) is 11.7 Å². The maximum atomic E-state index is 13.5. The Bertz CT molecular complexity index is 897. The minimum absolute atomic E-state index is 0.0127. The van der Waals surface area contributed by atoms with Crippen molar-refractivity contribution in [2.45, 2.75) is 31.4 Å². The lowest BCUT2D eigenvalue weighted by atomic mass is 9.98. The number of likely N-dealkylation sites (tertiary alicyclic amines) is 2. The number of urea groups is 1. The van der Waals surface area contributed by atoms with Gasteiger partial charge >= 0.3 is 12.2 Å². The van der Waals surface area contributed by atoms with Crippen molar-refractivity contribution in [2.75, 3.05) is 32.8 Å². The summed E-state index contributed by atoms with van der Waals surface area (Å²) in [6, 6.07) is 2.19. The van der Waals surface area contributed by atoms with Gasteiger partial charge in [0, 0.05) is 38.2 Å². The fraction of sp³-hybridized carbons (Fsp3) is 0.550.